The van der Waals surface area contributed by atoms with Gasteiger partial charge in [0.05, 0.1) is 10.0 Å². The molecule has 1 aliphatic rings. The summed E-state index contributed by atoms with van der Waals surface area (Å²) in [7, 11) is 0. The molecule has 1 heterocycles. The molecular weight excluding hydrogens is 279 g/mol. The van der Waals surface area contributed by atoms with Crippen molar-refractivity contribution >= 4 is 23.2 Å². The van der Waals surface area contributed by atoms with Gasteiger partial charge in [0.2, 0.25) is 0 Å². The molecule has 19 heavy (non-hydrogen) atoms. The summed E-state index contributed by atoms with van der Waals surface area (Å²) in [6, 6.07) is 6.64. The maximum Gasteiger partial charge on any atom is 0.0595 e. The first-order valence-electron chi connectivity index (χ1n) is 6.93. The first-order chi connectivity index (χ1) is 9.02. The van der Waals surface area contributed by atoms with Crippen molar-refractivity contribution in [1.82, 2.24) is 4.90 Å². The highest BCUT2D eigenvalue weighted by Crippen LogP contribution is 2.32. The summed E-state index contributed by atoms with van der Waals surface area (Å²) in [5, 5.41) is 1.21. The van der Waals surface area contributed by atoms with E-state index in [0.717, 1.165) is 12.5 Å². The Morgan fingerprint density at radius 1 is 1.32 bits per heavy atom. The first-order valence-corrected chi connectivity index (χ1v) is 7.69. The quantitative estimate of drug-likeness (QED) is 0.910. The molecule has 2 nitrogen and oxygen atoms in total. The molecule has 106 valence electrons. The zero-order valence-electron chi connectivity index (χ0n) is 11.6. The SMILES string of the molecule is CC1CCN(C(CN)c2ccc(Cl)c(Cl)c2)C(C)C1. The van der Waals surface area contributed by atoms with E-state index >= 15 is 0 Å². The van der Waals surface area contributed by atoms with Gasteiger partial charge >= 0.3 is 0 Å². The molecule has 0 radical (unpaired) electrons. The molecule has 4 heteroatoms. The summed E-state index contributed by atoms with van der Waals surface area (Å²) in [4.78, 5) is 2.50. The molecule has 0 bridgehead atoms. The largest absolute Gasteiger partial charge is 0.329 e. The van der Waals surface area contributed by atoms with E-state index in [1.807, 2.05) is 18.2 Å². The molecule has 1 aromatic carbocycles. The summed E-state index contributed by atoms with van der Waals surface area (Å²) in [5.74, 6) is 0.804. The van der Waals surface area contributed by atoms with Gasteiger partial charge in [-0.3, -0.25) is 4.90 Å². The third-order valence-corrected chi connectivity index (χ3v) is 4.88. The third kappa shape index (κ3) is 3.43. The van der Waals surface area contributed by atoms with Gasteiger partial charge in [0.25, 0.3) is 0 Å². The van der Waals surface area contributed by atoms with Crippen LogP contribution < -0.4 is 5.73 Å². The zero-order chi connectivity index (χ0) is 14.0. The maximum absolute atomic E-state index is 6.12. The average molecular weight is 301 g/mol. The van der Waals surface area contributed by atoms with Crippen LogP contribution in [0.4, 0.5) is 0 Å². The molecule has 1 aromatic rings. The number of nitrogens with two attached hydrogens (primary N) is 1. The fourth-order valence-corrected chi connectivity index (χ4v) is 3.38. The predicted molar refractivity (Wildman–Crippen MR) is 82.8 cm³/mol. The Morgan fingerprint density at radius 3 is 2.63 bits per heavy atom. The van der Waals surface area contributed by atoms with Crippen molar-refractivity contribution in [2.24, 2.45) is 11.7 Å². The highest BCUT2D eigenvalue weighted by atomic mass is 35.5. The van der Waals surface area contributed by atoms with Crippen molar-refractivity contribution in [2.75, 3.05) is 13.1 Å². The van der Waals surface area contributed by atoms with E-state index in [4.69, 9.17) is 28.9 Å². The fourth-order valence-electron chi connectivity index (χ4n) is 3.07. The molecule has 0 aliphatic carbocycles. The Hall–Kier alpha value is -0.280. The van der Waals surface area contributed by atoms with Crippen LogP contribution in [0.25, 0.3) is 0 Å². The topological polar surface area (TPSA) is 29.3 Å². The molecule has 0 aromatic heterocycles. The van der Waals surface area contributed by atoms with Crippen LogP contribution in [0.2, 0.25) is 10.0 Å². The van der Waals surface area contributed by atoms with Crippen LogP contribution in [0, 0.1) is 5.92 Å². The van der Waals surface area contributed by atoms with Gasteiger partial charge in [-0.25, -0.2) is 0 Å². The Kier molecular flexibility index (Phi) is 5.13. The monoisotopic (exact) mass is 300 g/mol. The molecular formula is C15H22Cl2N2. The lowest BCUT2D eigenvalue weighted by molar-refractivity contribution is 0.0847. The Balaban J connectivity index is 2.21. The minimum atomic E-state index is 0.234. The molecule has 1 fully saturated rings. The molecule has 2 rings (SSSR count). The van der Waals surface area contributed by atoms with Crippen LogP contribution in [0.5, 0.6) is 0 Å². The number of rotatable bonds is 3. The fraction of sp³-hybridized carbons (Fsp3) is 0.600. The Labute approximate surface area is 125 Å². The number of hydrogen-bond donors (Lipinski definition) is 1. The van der Waals surface area contributed by atoms with Gasteiger partial charge in [-0.2, -0.15) is 0 Å². The Bertz CT molecular complexity index is 436. The van der Waals surface area contributed by atoms with E-state index in [2.05, 4.69) is 18.7 Å². The second-order valence-corrected chi connectivity index (χ2v) is 6.46. The first kappa shape index (κ1) is 15.1. The molecule has 1 aliphatic heterocycles. The summed E-state index contributed by atoms with van der Waals surface area (Å²) in [6.07, 6.45) is 2.47. The molecule has 0 spiro atoms. The third-order valence-electron chi connectivity index (χ3n) is 4.14. The highest BCUT2D eigenvalue weighted by molar-refractivity contribution is 6.42. The van der Waals surface area contributed by atoms with Crippen molar-refractivity contribution in [3.05, 3.63) is 33.8 Å². The second kappa shape index (κ2) is 6.45. The Morgan fingerprint density at radius 2 is 2.05 bits per heavy atom. The van der Waals surface area contributed by atoms with E-state index in [1.165, 1.54) is 18.4 Å². The van der Waals surface area contributed by atoms with Crippen molar-refractivity contribution in [3.63, 3.8) is 0 Å². The van der Waals surface area contributed by atoms with Gasteiger partial charge < -0.3 is 5.73 Å². The predicted octanol–water partition coefficient (Wildman–Crippen LogP) is 4.11. The number of hydrogen-bond acceptors (Lipinski definition) is 2. The van der Waals surface area contributed by atoms with E-state index in [1.54, 1.807) is 0 Å². The molecule has 2 N–H and O–H groups in total. The van der Waals surface area contributed by atoms with Crippen molar-refractivity contribution < 1.29 is 0 Å². The van der Waals surface area contributed by atoms with Crippen molar-refractivity contribution in [3.8, 4) is 0 Å². The smallest absolute Gasteiger partial charge is 0.0595 e. The summed E-state index contributed by atoms with van der Waals surface area (Å²) >= 11 is 12.1. The highest BCUT2D eigenvalue weighted by Gasteiger charge is 2.29. The molecule has 3 unspecified atom stereocenters. The van der Waals surface area contributed by atoms with Crippen LogP contribution in [0.3, 0.4) is 0 Å². The van der Waals surface area contributed by atoms with Gasteiger partial charge in [-0.15, -0.1) is 0 Å². The molecule has 0 amide bonds. The van der Waals surface area contributed by atoms with Crippen molar-refractivity contribution in [2.45, 2.75) is 38.8 Å². The van der Waals surface area contributed by atoms with Gasteiger partial charge in [-0.1, -0.05) is 36.2 Å². The molecule has 1 saturated heterocycles. The van der Waals surface area contributed by atoms with Crippen molar-refractivity contribution in [1.29, 1.82) is 0 Å². The van der Waals surface area contributed by atoms with E-state index in [0.29, 0.717) is 22.6 Å². The lowest BCUT2D eigenvalue weighted by Gasteiger charge is -2.41. The van der Waals surface area contributed by atoms with Crippen LogP contribution >= 0.6 is 23.2 Å². The minimum absolute atomic E-state index is 0.234. The van der Waals surface area contributed by atoms with E-state index in [-0.39, 0.29) is 6.04 Å². The minimum Gasteiger partial charge on any atom is -0.329 e. The number of likely N-dealkylation sites (tertiary alicyclic amines) is 1. The standard InChI is InChI=1S/C15H22Cl2N2/c1-10-5-6-19(11(2)7-10)15(9-18)12-3-4-13(16)14(17)8-12/h3-4,8,10-11,15H,5-7,9,18H2,1-2H3. The molecule has 3 atom stereocenters. The van der Waals surface area contributed by atoms with Gasteiger partial charge in [0.15, 0.2) is 0 Å². The van der Waals surface area contributed by atoms with Crippen LogP contribution in [-0.2, 0) is 0 Å². The summed E-state index contributed by atoms with van der Waals surface area (Å²) in [6.45, 7) is 6.32. The normalized spacial score (nSPS) is 26.4. The summed E-state index contributed by atoms with van der Waals surface area (Å²) < 4.78 is 0. The van der Waals surface area contributed by atoms with E-state index < -0.39 is 0 Å². The molecule has 0 saturated carbocycles. The van der Waals surface area contributed by atoms with E-state index in [9.17, 15) is 0 Å². The zero-order valence-corrected chi connectivity index (χ0v) is 13.1. The second-order valence-electron chi connectivity index (χ2n) is 5.64. The summed E-state index contributed by atoms with van der Waals surface area (Å²) in [5.41, 5.74) is 7.17. The average Bonchev–Trinajstić information content (AvgIpc) is 2.37. The number of benzene rings is 1. The number of halogens is 2. The van der Waals surface area contributed by atoms with Gasteiger partial charge in [-0.05, 0) is 49.9 Å². The van der Waals surface area contributed by atoms with Gasteiger partial charge in [0.1, 0.15) is 0 Å². The van der Waals surface area contributed by atoms with Crippen LogP contribution in [0.1, 0.15) is 38.3 Å². The number of nitrogens with zero attached hydrogens (tertiary/aromatic N) is 1. The van der Waals surface area contributed by atoms with Crippen LogP contribution in [0.15, 0.2) is 18.2 Å². The maximum atomic E-state index is 6.12. The van der Waals surface area contributed by atoms with Gasteiger partial charge in [0, 0.05) is 18.6 Å². The van der Waals surface area contributed by atoms with Crippen LogP contribution in [-0.4, -0.2) is 24.0 Å². The number of piperidine rings is 1. The lowest BCUT2D eigenvalue weighted by atomic mass is 9.90. The lowest BCUT2D eigenvalue weighted by Crippen LogP contribution is -2.44.